The van der Waals surface area contributed by atoms with Crippen LogP contribution in [0.25, 0.3) is 0 Å². The van der Waals surface area contributed by atoms with Gasteiger partial charge in [0, 0.05) is 31.7 Å². The normalized spacial score (nSPS) is 21.2. The van der Waals surface area contributed by atoms with Crippen LogP contribution < -0.4 is 14.8 Å². The van der Waals surface area contributed by atoms with E-state index in [4.69, 9.17) is 28.4 Å². The number of amides is 1. The van der Waals surface area contributed by atoms with Crippen molar-refractivity contribution in [3.63, 3.8) is 0 Å². The fourth-order valence-electron chi connectivity index (χ4n) is 4.38. The fraction of sp³-hybridized carbons (Fsp3) is 0.533. The summed E-state index contributed by atoms with van der Waals surface area (Å²) < 4.78 is 33.7. The summed E-state index contributed by atoms with van der Waals surface area (Å²) >= 11 is 0. The number of nitrogens with zero attached hydrogens (tertiary/aromatic N) is 1. The molecule has 2 aromatic rings. The van der Waals surface area contributed by atoms with Crippen LogP contribution >= 0.6 is 0 Å². The van der Waals surface area contributed by atoms with Gasteiger partial charge in [0.2, 0.25) is 6.79 Å². The van der Waals surface area contributed by atoms with Crippen LogP contribution in [0, 0.1) is 18.8 Å². The molecule has 1 amide bonds. The van der Waals surface area contributed by atoms with Gasteiger partial charge in [-0.1, -0.05) is 43.7 Å². The average molecular weight is 573 g/mol. The lowest BCUT2D eigenvalue weighted by Gasteiger charge is -2.31. The van der Waals surface area contributed by atoms with E-state index >= 15 is 0 Å². The number of rotatable bonds is 11. The van der Waals surface area contributed by atoms with Crippen LogP contribution in [0.4, 0.5) is 0 Å². The van der Waals surface area contributed by atoms with Crippen molar-refractivity contribution in [3.8, 4) is 11.5 Å². The molecule has 1 aromatic heterocycles. The van der Waals surface area contributed by atoms with Crippen LogP contribution in [0.5, 0.6) is 11.5 Å². The number of aromatic nitrogens is 1. The van der Waals surface area contributed by atoms with Gasteiger partial charge >= 0.3 is 11.9 Å². The van der Waals surface area contributed by atoms with Crippen LogP contribution in [0.1, 0.15) is 49.3 Å². The number of carbonyl (C=O) groups is 3. The Kier molecular flexibility index (Phi) is 11.9. The van der Waals surface area contributed by atoms with E-state index in [1.165, 1.54) is 31.9 Å². The summed E-state index contributed by atoms with van der Waals surface area (Å²) in [6.45, 7) is 9.38. The monoisotopic (exact) mass is 572 g/mol. The molecule has 11 heteroatoms. The second-order valence-electron chi connectivity index (χ2n) is 10.4. The van der Waals surface area contributed by atoms with Gasteiger partial charge < -0.3 is 33.7 Å². The first-order chi connectivity index (χ1) is 19.6. The highest BCUT2D eigenvalue weighted by Gasteiger charge is 2.36. The average Bonchev–Trinajstić information content (AvgIpc) is 2.97. The summed E-state index contributed by atoms with van der Waals surface area (Å²) in [6.07, 6.45) is 1.01. The molecule has 224 valence electrons. The molecule has 1 fully saturated rings. The van der Waals surface area contributed by atoms with Crippen LogP contribution in [0.2, 0.25) is 0 Å². The van der Waals surface area contributed by atoms with E-state index in [0.717, 1.165) is 5.56 Å². The number of ether oxygens (including phenoxy) is 6. The maximum absolute atomic E-state index is 13.3. The molecule has 1 aliphatic heterocycles. The van der Waals surface area contributed by atoms with E-state index in [1.807, 2.05) is 6.92 Å². The molecule has 0 aliphatic carbocycles. The largest absolute Gasteiger partial charge is 0.493 e. The molecule has 41 heavy (non-hydrogen) atoms. The minimum atomic E-state index is -1.12. The van der Waals surface area contributed by atoms with E-state index in [2.05, 4.69) is 48.4 Å². The number of hydrogen-bond acceptors (Lipinski definition) is 10. The summed E-state index contributed by atoms with van der Waals surface area (Å²) in [7, 11) is 1.39. The van der Waals surface area contributed by atoms with Crippen molar-refractivity contribution in [1.29, 1.82) is 0 Å². The Balaban J connectivity index is 1.79. The van der Waals surface area contributed by atoms with Crippen molar-refractivity contribution in [1.82, 2.24) is 10.3 Å². The number of esters is 2. The number of cyclic esters (lactones) is 1. The molecule has 0 saturated carbocycles. The maximum Gasteiger partial charge on any atom is 0.331 e. The molecule has 1 saturated heterocycles. The maximum atomic E-state index is 13.3. The Labute approximate surface area is 240 Å². The minimum absolute atomic E-state index is 0.0419. The topological polar surface area (TPSA) is 132 Å². The minimum Gasteiger partial charge on any atom is -0.493 e. The number of aryl methyl sites for hydroxylation is 1. The number of pyridine rings is 1. The summed E-state index contributed by atoms with van der Waals surface area (Å²) in [6, 6.07) is 8.63. The molecular weight excluding hydrogens is 532 g/mol. The highest BCUT2D eigenvalue weighted by atomic mass is 16.7. The van der Waals surface area contributed by atoms with Gasteiger partial charge in [0.15, 0.2) is 23.2 Å². The lowest BCUT2D eigenvalue weighted by Crippen LogP contribution is -2.46. The lowest BCUT2D eigenvalue weighted by atomic mass is 9.91. The van der Waals surface area contributed by atoms with E-state index < -0.39 is 42.9 Å². The number of carbonyl (C=O) groups excluding carboxylic acids is 3. The van der Waals surface area contributed by atoms with Crippen LogP contribution in [0.15, 0.2) is 36.5 Å². The zero-order valence-corrected chi connectivity index (χ0v) is 24.5. The summed E-state index contributed by atoms with van der Waals surface area (Å²) in [5.41, 5.74) is 2.13. The predicted octanol–water partition coefficient (Wildman–Crippen LogP) is 3.26. The van der Waals surface area contributed by atoms with E-state index in [9.17, 15) is 14.4 Å². The van der Waals surface area contributed by atoms with Crippen molar-refractivity contribution in [2.24, 2.45) is 11.8 Å². The Morgan fingerprint density at radius 3 is 2.54 bits per heavy atom. The molecule has 0 unspecified atom stereocenters. The van der Waals surface area contributed by atoms with Crippen molar-refractivity contribution in [2.45, 2.75) is 59.3 Å². The Morgan fingerprint density at radius 1 is 1.15 bits per heavy atom. The van der Waals surface area contributed by atoms with Crippen molar-refractivity contribution >= 4 is 17.8 Å². The first-order valence-electron chi connectivity index (χ1n) is 13.6. The van der Waals surface area contributed by atoms with E-state index in [0.29, 0.717) is 13.0 Å². The Bertz CT molecular complexity index is 1170. The quantitative estimate of drug-likeness (QED) is 0.316. The standard InChI is InChI=1S/C30H40N2O9/c1-18(2)14-38-27-20(4)41-30(35)24(16-37-15-23(27)13-22-9-7-19(3)8-10-22)32-29(34)26-28(40-17-39-21(5)33)25(36-6)11-12-31-26/h7-12,18,20,23-24,27H,13-17H2,1-6H3,(H,32,34)/t20-,23-,24-,27-/m0/s1. The smallest absolute Gasteiger partial charge is 0.331 e. The zero-order valence-electron chi connectivity index (χ0n) is 24.5. The van der Waals surface area contributed by atoms with Crippen LogP contribution in [-0.2, 0) is 35.0 Å². The van der Waals surface area contributed by atoms with Gasteiger partial charge in [-0.2, -0.15) is 0 Å². The molecule has 1 N–H and O–H groups in total. The van der Waals surface area contributed by atoms with Crippen molar-refractivity contribution in [2.75, 3.05) is 33.7 Å². The molecule has 2 heterocycles. The molecular formula is C30H40N2O9. The van der Waals surface area contributed by atoms with E-state index in [1.54, 1.807) is 6.92 Å². The van der Waals surface area contributed by atoms with Crippen molar-refractivity contribution < 1.29 is 42.8 Å². The molecule has 0 spiro atoms. The molecule has 0 radical (unpaired) electrons. The Morgan fingerprint density at radius 2 is 1.88 bits per heavy atom. The van der Waals surface area contributed by atoms with Crippen molar-refractivity contribution in [3.05, 3.63) is 53.3 Å². The van der Waals surface area contributed by atoms with Gasteiger partial charge in [-0.25, -0.2) is 9.78 Å². The summed E-state index contributed by atoms with van der Waals surface area (Å²) in [4.78, 5) is 41.8. The number of methoxy groups -OCH3 is 1. The zero-order chi connectivity index (χ0) is 29.9. The highest BCUT2D eigenvalue weighted by Crippen LogP contribution is 2.30. The second-order valence-corrected chi connectivity index (χ2v) is 10.4. The third-order valence-corrected chi connectivity index (χ3v) is 6.44. The Hall–Kier alpha value is -3.70. The second kappa shape index (κ2) is 15.3. The first-order valence-corrected chi connectivity index (χ1v) is 13.6. The number of hydrogen-bond donors (Lipinski definition) is 1. The highest BCUT2D eigenvalue weighted by molar-refractivity contribution is 5.98. The molecule has 11 nitrogen and oxygen atoms in total. The molecule has 1 aromatic carbocycles. The number of benzene rings is 1. The predicted molar refractivity (Wildman–Crippen MR) is 149 cm³/mol. The summed E-state index contributed by atoms with van der Waals surface area (Å²) in [5.74, 6) is -1.60. The molecule has 0 bridgehead atoms. The van der Waals surface area contributed by atoms with E-state index in [-0.39, 0.29) is 42.2 Å². The van der Waals surface area contributed by atoms with Gasteiger partial charge in [0.05, 0.1) is 26.4 Å². The van der Waals surface area contributed by atoms with Crippen LogP contribution in [-0.4, -0.2) is 74.8 Å². The van der Waals surface area contributed by atoms with Crippen LogP contribution in [0.3, 0.4) is 0 Å². The van der Waals surface area contributed by atoms with Gasteiger partial charge in [0.25, 0.3) is 5.91 Å². The third kappa shape index (κ3) is 9.43. The van der Waals surface area contributed by atoms with Gasteiger partial charge in [-0.05, 0) is 31.7 Å². The van der Waals surface area contributed by atoms with Gasteiger partial charge in [-0.3, -0.25) is 9.59 Å². The van der Waals surface area contributed by atoms with Gasteiger partial charge in [-0.15, -0.1) is 0 Å². The molecule has 1 aliphatic rings. The SMILES string of the molecule is COc1ccnc(C(=O)N[C@H]2COC[C@H](Cc3ccc(C)cc3)[C@@H](OCC(C)C)[C@H](C)OC2=O)c1OCOC(C)=O. The molecule has 4 atom stereocenters. The first kappa shape index (κ1) is 31.8. The third-order valence-electron chi connectivity index (χ3n) is 6.44. The summed E-state index contributed by atoms with van der Waals surface area (Å²) in [5, 5.41) is 2.64. The van der Waals surface area contributed by atoms with Gasteiger partial charge in [0.1, 0.15) is 6.10 Å². The lowest BCUT2D eigenvalue weighted by molar-refractivity contribution is -0.161. The number of nitrogens with one attached hydrogen (secondary N) is 1. The molecule has 3 rings (SSSR count). The fourth-order valence-corrected chi connectivity index (χ4v) is 4.38.